The second-order valence-corrected chi connectivity index (χ2v) is 4.03. The highest BCUT2D eigenvalue weighted by atomic mass is 32.1. The van der Waals surface area contributed by atoms with Crippen molar-refractivity contribution in [2.45, 2.75) is 12.6 Å². The minimum atomic E-state index is -0.962. The molecule has 1 atom stereocenters. The SMILES string of the molecule is CN(C)c1ncc(C(F)CCN)s1. The number of halogens is 1. The van der Waals surface area contributed by atoms with E-state index in [4.69, 9.17) is 5.73 Å². The predicted octanol–water partition coefficient (Wildman–Crippen LogP) is 1.57. The monoisotopic (exact) mass is 203 g/mol. The van der Waals surface area contributed by atoms with Gasteiger partial charge in [0.15, 0.2) is 5.13 Å². The summed E-state index contributed by atoms with van der Waals surface area (Å²) in [5.74, 6) is 0. The third-order valence-electron chi connectivity index (χ3n) is 1.62. The normalized spacial score (nSPS) is 12.9. The zero-order chi connectivity index (χ0) is 9.84. The van der Waals surface area contributed by atoms with Crippen molar-refractivity contribution in [2.24, 2.45) is 5.73 Å². The van der Waals surface area contributed by atoms with Crippen LogP contribution in [0, 0.1) is 0 Å². The van der Waals surface area contributed by atoms with Crippen LogP contribution in [0.5, 0.6) is 0 Å². The molecule has 0 spiro atoms. The van der Waals surface area contributed by atoms with Gasteiger partial charge in [-0.25, -0.2) is 9.37 Å². The zero-order valence-electron chi connectivity index (χ0n) is 7.83. The molecule has 1 aromatic heterocycles. The van der Waals surface area contributed by atoms with Gasteiger partial charge in [-0.3, -0.25) is 0 Å². The summed E-state index contributed by atoms with van der Waals surface area (Å²) in [7, 11) is 3.78. The molecule has 13 heavy (non-hydrogen) atoms. The molecule has 74 valence electrons. The number of thiazole rings is 1. The summed E-state index contributed by atoms with van der Waals surface area (Å²) in [6.07, 6.45) is 0.992. The standard InChI is InChI=1S/C8H14FN3S/c1-12(2)8-11-5-7(13-8)6(9)3-4-10/h5-6H,3-4,10H2,1-2H3. The van der Waals surface area contributed by atoms with Gasteiger partial charge in [-0.05, 0) is 13.0 Å². The molecular formula is C8H14FN3S. The van der Waals surface area contributed by atoms with E-state index in [0.717, 1.165) is 5.13 Å². The van der Waals surface area contributed by atoms with Crippen LogP contribution in [0.25, 0.3) is 0 Å². The van der Waals surface area contributed by atoms with E-state index in [1.807, 2.05) is 19.0 Å². The lowest BCUT2D eigenvalue weighted by Crippen LogP contribution is -2.07. The average Bonchev–Trinajstić information content (AvgIpc) is 2.52. The van der Waals surface area contributed by atoms with Crippen LogP contribution in [-0.2, 0) is 0 Å². The Morgan fingerprint density at radius 2 is 2.38 bits per heavy atom. The summed E-state index contributed by atoms with van der Waals surface area (Å²) in [4.78, 5) is 6.61. The fourth-order valence-electron chi connectivity index (χ4n) is 0.917. The van der Waals surface area contributed by atoms with Crippen molar-refractivity contribution in [1.82, 2.24) is 4.98 Å². The largest absolute Gasteiger partial charge is 0.354 e. The number of nitrogens with zero attached hydrogens (tertiary/aromatic N) is 2. The Bertz CT molecular complexity index is 262. The summed E-state index contributed by atoms with van der Waals surface area (Å²) in [5.41, 5.74) is 5.27. The van der Waals surface area contributed by atoms with Gasteiger partial charge in [0.2, 0.25) is 0 Å². The Balaban J connectivity index is 2.67. The smallest absolute Gasteiger partial charge is 0.185 e. The molecule has 0 bridgehead atoms. The lowest BCUT2D eigenvalue weighted by Gasteiger charge is -2.06. The van der Waals surface area contributed by atoms with Crippen LogP contribution in [0.3, 0.4) is 0 Å². The summed E-state index contributed by atoms with van der Waals surface area (Å²) < 4.78 is 13.3. The highest BCUT2D eigenvalue weighted by molar-refractivity contribution is 7.15. The summed E-state index contributed by atoms with van der Waals surface area (Å²) in [5, 5.41) is 0.828. The first-order valence-electron chi connectivity index (χ1n) is 4.12. The van der Waals surface area contributed by atoms with Crippen molar-refractivity contribution < 1.29 is 4.39 Å². The minimum absolute atomic E-state index is 0.370. The van der Waals surface area contributed by atoms with Crippen molar-refractivity contribution in [3.8, 4) is 0 Å². The highest BCUT2D eigenvalue weighted by Crippen LogP contribution is 2.29. The lowest BCUT2D eigenvalue weighted by atomic mass is 10.2. The molecule has 0 aromatic carbocycles. The number of nitrogens with two attached hydrogens (primary N) is 1. The van der Waals surface area contributed by atoms with Gasteiger partial charge >= 0.3 is 0 Å². The van der Waals surface area contributed by atoms with Crippen molar-refractivity contribution in [1.29, 1.82) is 0 Å². The fourth-order valence-corrected chi connectivity index (χ4v) is 1.77. The molecule has 1 rings (SSSR count). The maximum Gasteiger partial charge on any atom is 0.185 e. The molecule has 0 radical (unpaired) electrons. The van der Waals surface area contributed by atoms with E-state index in [-0.39, 0.29) is 0 Å². The highest BCUT2D eigenvalue weighted by Gasteiger charge is 2.13. The average molecular weight is 203 g/mol. The number of rotatable bonds is 4. The molecule has 1 aromatic rings. The predicted molar refractivity (Wildman–Crippen MR) is 54.0 cm³/mol. The lowest BCUT2D eigenvalue weighted by molar-refractivity contribution is 0.333. The van der Waals surface area contributed by atoms with E-state index in [1.54, 1.807) is 6.20 Å². The van der Waals surface area contributed by atoms with Crippen LogP contribution in [0.2, 0.25) is 0 Å². The first-order chi connectivity index (χ1) is 6.15. The molecule has 0 aliphatic heterocycles. The second kappa shape index (κ2) is 4.53. The molecular weight excluding hydrogens is 189 g/mol. The van der Waals surface area contributed by atoms with Crippen molar-refractivity contribution >= 4 is 16.5 Å². The van der Waals surface area contributed by atoms with Crippen molar-refractivity contribution in [2.75, 3.05) is 25.5 Å². The van der Waals surface area contributed by atoms with Crippen molar-refractivity contribution in [3.05, 3.63) is 11.1 Å². The quantitative estimate of drug-likeness (QED) is 0.807. The fraction of sp³-hybridized carbons (Fsp3) is 0.625. The van der Waals surface area contributed by atoms with Gasteiger partial charge in [0.1, 0.15) is 6.17 Å². The van der Waals surface area contributed by atoms with Gasteiger partial charge in [-0.1, -0.05) is 11.3 Å². The summed E-state index contributed by atoms with van der Waals surface area (Å²) in [6.45, 7) is 0.371. The summed E-state index contributed by atoms with van der Waals surface area (Å²) >= 11 is 1.37. The van der Waals surface area contributed by atoms with Gasteiger partial charge in [-0.2, -0.15) is 0 Å². The Kier molecular flexibility index (Phi) is 3.62. The topological polar surface area (TPSA) is 42.2 Å². The van der Waals surface area contributed by atoms with Crippen molar-refractivity contribution in [3.63, 3.8) is 0 Å². The van der Waals surface area contributed by atoms with E-state index >= 15 is 0 Å². The van der Waals surface area contributed by atoms with Crippen LogP contribution in [0.15, 0.2) is 6.20 Å². The number of alkyl halides is 1. The zero-order valence-corrected chi connectivity index (χ0v) is 8.64. The Morgan fingerprint density at radius 1 is 1.69 bits per heavy atom. The van der Waals surface area contributed by atoms with Crippen LogP contribution in [0.1, 0.15) is 17.5 Å². The Labute approximate surface area is 81.4 Å². The Hall–Kier alpha value is -0.680. The van der Waals surface area contributed by atoms with Gasteiger partial charge in [0, 0.05) is 20.3 Å². The molecule has 0 fully saturated rings. The summed E-state index contributed by atoms with van der Waals surface area (Å²) in [6, 6.07) is 0. The van der Waals surface area contributed by atoms with Crippen LogP contribution >= 0.6 is 11.3 Å². The van der Waals surface area contributed by atoms with Crippen LogP contribution < -0.4 is 10.6 Å². The molecule has 1 unspecified atom stereocenters. The molecule has 0 saturated carbocycles. The van der Waals surface area contributed by atoms with E-state index in [9.17, 15) is 4.39 Å². The number of hydrogen-bond donors (Lipinski definition) is 1. The van der Waals surface area contributed by atoms with Crippen LogP contribution in [0.4, 0.5) is 9.52 Å². The van der Waals surface area contributed by atoms with Gasteiger partial charge in [0.25, 0.3) is 0 Å². The third kappa shape index (κ3) is 2.63. The number of aromatic nitrogens is 1. The number of anilines is 1. The molecule has 2 N–H and O–H groups in total. The Morgan fingerprint density at radius 3 is 2.85 bits per heavy atom. The molecule has 0 amide bonds. The third-order valence-corrected chi connectivity index (χ3v) is 2.87. The molecule has 0 aliphatic rings. The minimum Gasteiger partial charge on any atom is -0.354 e. The van der Waals surface area contributed by atoms with Gasteiger partial charge < -0.3 is 10.6 Å². The molecule has 0 aliphatic carbocycles. The van der Waals surface area contributed by atoms with E-state index in [1.165, 1.54) is 11.3 Å². The maximum atomic E-state index is 13.3. The first kappa shape index (κ1) is 10.4. The molecule has 5 heteroatoms. The number of hydrogen-bond acceptors (Lipinski definition) is 4. The van der Waals surface area contributed by atoms with Crippen LogP contribution in [-0.4, -0.2) is 25.6 Å². The maximum absolute atomic E-state index is 13.3. The van der Waals surface area contributed by atoms with E-state index in [2.05, 4.69) is 4.98 Å². The van der Waals surface area contributed by atoms with Gasteiger partial charge in [-0.15, -0.1) is 0 Å². The van der Waals surface area contributed by atoms with E-state index in [0.29, 0.717) is 17.8 Å². The molecule has 3 nitrogen and oxygen atoms in total. The second-order valence-electron chi connectivity index (χ2n) is 2.98. The van der Waals surface area contributed by atoms with Gasteiger partial charge in [0.05, 0.1) is 4.88 Å². The first-order valence-corrected chi connectivity index (χ1v) is 4.94. The molecule has 0 saturated heterocycles. The van der Waals surface area contributed by atoms with E-state index < -0.39 is 6.17 Å². The molecule has 1 heterocycles.